The molecule has 0 aromatic carbocycles. The average molecular weight is 214 g/mol. The van der Waals surface area contributed by atoms with Gasteiger partial charge in [0.05, 0.1) is 0 Å². The van der Waals surface area contributed by atoms with Gasteiger partial charge in [-0.2, -0.15) is 11.8 Å². The molecule has 2 nitrogen and oxygen atoms in total. The SMILES string of the molecule is CN1CCC(N(C)C2CCSC2)CC1. The van der Waals surface area contributed by atoms with Crippen LogP contribution in [-0.4, -0.2) is 60.6 Å². The summed E-state index contributed by atoms with van der Waals surface area (Å²) in [6.07, 6.45) is 4.15. The van der Waals surface area contributed by atoms with E-state index in [1.165, 1.54) is 43.9 Å². The van der Waals surface area contributed by atoms with Gasteiger partial charge in [0.1, 0.15) is 0 Å². The molecule has 1 unspecified atom stereocenters. The summed E-state index contributed by atoms with van der Waals surface area (Å²) in [5, 5.41) is 0. The zero-order valence-electron chi connectivity index (χ0n) is 9.41. The molecule has 82 valence electrons. The van der Waals surface area contributed by atoms with Crippen molar-refractivity contribution >= 4 is 11.8 Å². The molecule has 0 amide bonds. The second-order valence-corrected chi connectivity index (χ2v) is 5.87. The molecule has 3 heteroatoms. The van der Waals surface area contributed by atoms with Crippen LogP contribution in [0.25, 0.3) is 0 Å². The van der Waals surface area contributed by atoms with E-state index in [0.29, 0.717) is 0 Å². The molecule has 0 radical (unpaired) electrons. The van der Waals surface area contributed by atoms with Crippen LogP contribution in [0.1, 0.15) is 19.3 Å². The molecule has 2 heterocycles. The molecule has 0 bridgehead atoms. The van der Waals surface area contributed by atoms with Crippen LogP contribution >= 0.6 is 11.8 Å². The number of likely N-dealkylation sites (tertiary alicyclic amines) is 1. The van der Waals surface area contributed by atoms with Crippen molar-refractivity contribution in [2.24, 2.45) is 0 Å². The fourth-order valence-corrected chi connectivity index (χ4v) is 3.82. The Bertz CT molecular complexity index is 172. The van der Waals surface area contributed by atoms with Gasteiger partial charge in [0.25, 0.3) is 0 Å². The maximum absolute atomic E-state index is 2.66. The predicted octanol–water partition coefficient (Wildman–Crippen LogP) is 1.52. The van der Waals surface area contributed by atoms with Crippen molar-refractivity contribution in [2.45, 2.75) is 31.3 Å². The molecule has 0 aromatic heterocycles. The minimum absolute atomic E-state index is 0.856. The lowest BCUT2D eigenvalue weighted by Gasteiger charge is -2.38. The van der Waals surface area contributed by atoms with Crippen molar-refractivity contribution in [1.82, 2.24) is 9.80 Å². The molecule has 0 aliphatic carbocycles. The number of hydrogen-bond donors (Lipinski definition) is 0. The first-order valence-electron chi connectivity index (χ1n) is 5.75. The van der Waals surface area contributed by atoms with Gasteiger partial charge in [-0.15, -0.1) is 0 Å². The molecule has 0 aromatic rings. The Morgan fingerprint density at radius 1 is 1.14 bits per heavy atom. The highest BCUT2D eigenvalue weighted by Gasteiger charge is 2.27. The molecule has 2 aliphatic heterocycles. The summed E-state index contributed by atoms with van der Waals surface area (Å²) in [6.45, 7) is 2.57. The molecular formula is C11H22N2S. The number of hydrogen-bond acceptors (Lipinski definition) is 3. The van der Waals surface area contributed by atoms with E-state index in [1.54, 1.807) is 0 Å². The highest BCUT2D eigenvalue weighted by atomic mass is 32.2. The fourth-order valence-electron chi connectivity index (χ4n) is 2.54. The Labute approximate surface area is 92.0 Å². The van der Waals surface area contributed by atoms with E-state index in [9.17, 15) is 0 Å². The van der Waals surface area contributed by atoms with Gasteiger partial charge in [0.15, 0.2) is 0 Å². The monoisotopic (exact) mass is 214 g/mol. The van der Waals surface area contributed by atoms with Gasteiger partial charge < -0.3 is 4.90 Å². The molecule has 1 atom stereocenters. The zero-order chi connectivity index (χ0) is 9.97. The van der Waals surface area contributed by atoms with E-state index in [0.717, 1.165) is 12.1 Å². The summed E-state index contributed by atoms with van der Waals surface area (Å²) in [6, 6.07) is 1.73. The molecular weight excluding hydrogens is 192 g/mol. The van der Waals surface area contributed by atoms with Crippen LogP contribution in [0, 0.1) is 0 Å². The van der Waals surface area contributed by atoms with Crippen molar-refractivity contribution in [1.29, 1.82) is 0 Å². The highest BCUT2D eigenvalue weighted by molar-refractivity contribution is 7.99. The third kappa shape index (κ3) is 2.44. The maximum Gasteiger partial charge on any atom is 0.0194 e. The Morgan fingerprint density at radius 2 is 1.86 bits per heavy atom. The molecule has 0 N–H and O–H groups in total. The van der Waals surface area contributed by atoms with Crippen molar-refractivity contribution in [3.8, 4) is 0 Å². The van der Waals surface area contributed by atoms with Gasteiger partial charge in [0.2, 0.25) is 0 Å². The summed E-state index contributed by atoms with van der Waals surface area (Å²) < 4.78 is 0. The molecule has 2 saturated heterocycles. The second-order valence-electron chi connectivity index (χ2n) is 4.72. The minimum atomic E-state index is 0.856. The van der Waals surface area contributed by atoms with Crippen LogP contribution in [0.5, 0.6) is 0 Å². The summed E-state index contributed by atoms with van der Waals surface area (Å²) in [5.74, 6) is 2.74. The molecule has 0 saturated carbocycles. The van der Waals surface area contributed by atoms with E-state index >= 15 is 0 Å². The van der Waals surface area contributed by atoms with Crippen molar-refractivity contribution in [2.75, 3.05) is 38.7 Å². The highest BCUT2D eigenvalue weighted by Crippen LogP contribution is 2.25. The predicted molar refractivity (Wildman–Crippen MR) is 64.0 cm³/mol. The Morgan fingerprint density at radius 3 is 2.43 bits per heavy atom. The Hall–Kier alpha value is 0.270. The Balaban J connectivity index is 1.82. The van der Waals surface area contributed by atoms with Gasteiger partial charge in [-0.1, -0.05) is 0 Å². The van der Waals surface area contributed by atoms with Crippen LogP contribution in [0.4, 0.5) is 0 Å². The molecule has 2 rings (SSSR count). The third-order valence-electron chi connectivity index (χ3n) is 3.75. The van der Waals surface area contributed by atoms with Gasteiger partial charge in [-0.25, -0.2) is 0 Å². The first-order chi connectivity index (χ1) is 6.77. The van der Waals surface area contributed by atoms with Crippen molar-refractivity contribution in [3.63, 3.8) is 0 Å². The first-order valence-corrected chi connectivity index (χ1v) is 6.91. The number of rotatable bonds is 2. The van der Waals surface area contributed by atoms with Crippen LogP contribution in [0.3, 0.4) is 0 Å². The fraction of sp³-hybridized carbons (Fsp3) is 1.00. The maximum atomic E-state index is 2.66. The molecule has 2 fully saturated rings. The third-order valence-corrected chi connectivity index (χ3v) is 4.89. The van der Waals surface area contributed by atoms with Gasteiger partial charge in [-0.3, -0.25) is 4.90 Å². The number of thioether (sulfide) groups is 1. The lowest BCUT2D eigenvalue weighted by Crippen LogP contribution is -2.46. The first kappa shape index (κ1) is 10.8. The summed E-state index contributed by atoms with van der Waals surface area (Å²) in [7, 11) is 4.58. The van der Waals surface area contributed by atoms with Gasteiger partial charge >= 0.3 is 0 Å². The summed E-state index contributed by atoms with van der Waals surface area (Å²) in [4.78, 5) is 5.11. The van der Waals surface area contributed by atoms with E-state index in [2.05, 4.69) is 35.7 Å². The lowest BCUT2D eigenvalue weighted by atomic mass is 10.0. The zero-order valence-corrected chi connectivity index (χ0v) is 10.2. The van der Waals surface area contributed by atoms with Crippen molar-refractivity contribution < 1.29 is 0 Å². The van der Waals surface area contributed by atoms with Gasteiger partial charge in [0, 0.05) is 17.8 Å². The van der Waals surface area contributed by atoms with E-state index in [1.807, 2.05) is 0 Å². The van der Waals surface area contributed by atoms with Gasteiger partial charge in [-0.05, 0) is 52.2 Å². The molecule has 0 spiro atoms. The smallest absolute Gasteiger partial charge is 0.0194 e. The Kier molecular flexibility index (Phi) is 3.74. The topological polar surface area (TPSA) is 6.48 Å². The van der Waals surface area contributed by atoms with Crippen LogP contribution in [0.2, 0.25) is 0 Å². The van der Waals surface area contributed by atoms with Crippen LogP contribution in [0.15, 0.2) is 0 Å². The van der Waals surface area contributed by atoms with E-state index in [4.69, 9.17) is 0 Å². The van der Waals surface area contributed by atoms with E-state index < -0.39 is 0 Å². The molecule has 2 aliphatic rings. The number of piperidine rings is 1. The van der Waals surface area contributed by atoms with Crippen LogP contribution < -0.4 is 0 Å². The largest absolute Gasteiger partial charge is 0.306 e. The summed E-state index contributed by atoms with van der Waals surface area (Å²) >= 11 is 2.12. The number of nitrogens with zero attached hydrogens (tertiary/aromatic N) is 2. The standard InChI is InChI=1S/C11H22N2S/c1-12-6-3-10(4-7-12)13(2)11-5-8-14-9-11/h10-11H,3-9H2,1-2H3. The average Bonchev–Trinajstić information content (AvgIpc) is 2.71. The quantitative estimate of drug-likeness (QED) is 0.688. The summed E-state index contributed by atoms with van der Waals surface area (Å²) in [5.41, 5.74) is 0. The van der Waals surface area contributed by atoms with Crippen LogP contribution in [-0.2, 0) is 0 Å². The lowest BCUT2D eigenvalue weighted by molar-refractivity contribution is 0.116. The minimum Gasteiger partial charge on any atom is -0.306 e. The normalized spacial score (nSPS) is 31.5. The van der Waals surface area contributed by atoms with Crippen molar-refractivity contribution in [3.05, 3.63) is 0 Å². The second kappa shape index (κ2) is 4.86. The molecule has 14 heavy (non-hydrogen) atoms. The van der Waals surface area contributed by atoms with E-state index in [-0.39, 0.29) is 0 Å².